The third kappa shape index (κ3) is 3.00. The molecule has 0 atom stereocenters. The summed E-state index contributed by atoms with van der Waals surface area (Å²) in [5.41, 5.74) is 1.12. The molecule has 1 aliphatic heterocycles. The van der Waals surface area contributed by atoms with Crippen molar-refractivity contribution in [3.05, 3.63) is 35.9 Å². The number of hydrogen-bond donors (Lipinski definition) is 0. The van der Waals surface area contributed by atoms with Gasteiger partial charge in [-0.2, -0.15) is 5.10 Å². The summed E-state index contributed by atoms with van der Waals surface area (Å²) in [6.45, 7) is 0.597. The standard InChI is InChI=1S/C12H15N3OS/c1-14(2)13-12-15(11(16)9-17-12)8-10-6-4-3-5-7-10/h3-7H,8-9H2,1-2H3/b13-12-. The van der Waals surface area contributed by atoms with E-state index in [1.165, 1.54) is 11.8 Å². The smallest absolute Gasteiger partial charge is 0.239 e. The molecule has 0 unspecified atom stereocenters. The molecule has 1 aromatic carbocycles. The maximum atomic E-state index is 11.8. The Morgan fingerprint density at radius 2 is 2.06 bits per heavy atom. The second-order valence-corrected chi connectivity index (χ2v) is 4.93. The molecule has 1 saturated heterocycles. The predicted octanol–water partition coefficient (Wildman–Crippen LogP) is 1.59. The maximum Gasteiger partial charge on any atom is 0.239 e. The van der Waals surface area contributed by atoms with E-state index in [-0.39, 0.29) is 5.91 Å². The lowest BCUT2D eigenvalue weighted by Gasteiger charge is -2.17. The van der Waals surface area contributed by atoms with Crippen LogP contribution in [0.1, 0.15) is 5.56 Å². The summed E-state index contributed by atoms with van der Waals surface area (Å²) >= 11 is 1.49. The molecule has 0 N–H and O–H groups in total. The molecule has 1 aromatic rings. The van der Waals surface area contributed by atoms with Crippen molar-refractivity contribution in [1.29, 1.82) is 0 Å². The Morgan fingerprint density at radius 1 is 1.35 bits per heavy atom. The third-order valence-electron chi connectivity index (χ3n) is 2.33. The molecule has 5 heteroatoms. The van der Waals surface area contributed by atoms with E-state index in [2.05, 4.69) is 5.10 Å². The molecule has 0 bridgehead atoms. The van der Waals surface area contributed by atoms with E-state index in [0.29, 0.717) is 12.3 Å². The second kappa shape index (κ2) is 5.23. The monoisotopic (exact) mass is 249 g/mol. The Morgan fingerprint density at radius 3 is 2.71 bits per heavy atom. The summed E-state index contributed by atoms with van der Waals surface area (Å²) in [5.74, 6) is 0.610. The van der Waals surface area contributed by atoms with Gasteiger partial charge in [-0.3, -0.25) is 9.69 Å². The maximum absolute atomic E-state index is 11.8. The number of amides is 1. The lowest BCUT2D eigenvalue weighted by molar-refractivity contribution is -0.124. The van der Waals surface area contributed by atoms with Gasteiger partial charge in [0.05, 0.1) is 12.3 Å². The summed E-state index contributed by atoms with van der Waals surface area (Å²) in [7, 11) is 3.72. The Balaban J connectivity index is 2.15. The van der Waals surface area contributed by atoms with Gasteiger partial charge in [0.15, 0.2) is 5.17 Å². The fraction of sp³-hybridized carbons (Fsp3) is 0.333. The van der Waals surface area contributed by atoms with Crippen LogP contribution in [0, 0.1) is 0 Å². The van der Waals surface area contributed by atoms with Gasteiger partial charge >= 0.3 is 0 Å². The molecular formula is C12H15N3OS. The highest BCUT2D eigenvalue weighted by atomic mass is 32.2. The van der Waals surface area contributed by atoms with E-state index < -0.39 is 0 Å². The van der Waals surface area contributed by atoms with Gasteiger partial charge in [-0.1, -0.05) is 42.1 Å². The van der Waals surface area contributed by atoms with Gasteiger partial charge in [0.2, 0.25) is 5.91 Å². The lowest BCUT2D eigenvalue weighted by Crippen LogP contribution is -2.30. The fourth-order valence-electron chi connectivity index (χ4n) is 1.56. The molecule has 0 saturated carbocycles. The molecule has 0 radical (unpaired) electrons. The first-order chi connectivity index (χ1) is 8.16. The van der Waals surface area contributed by atoms with Crippen LogP contribution in [-0.2, 0) is 11.3 Å². The quantitative estimate of drug-likeness (QED) is 0.763. The normalized spacial score (nSPS) is 17.9. The van der Waals surface area contributed by atoms with Gasteiger partial charge in [-0.25, -0.2) is 0 Å². The highest BCUT2D eigenvalue weighted by Crippen LogP contribution is 2.21. The van der Waals surface area contributed by atoms with Crippen molar-refractivity contribution in [3.8, 4) is 0 Å². The summed E-state index contributed by atoms with van der Waals surface area (Å²) in [4.78, 5) is 13.5. The molecule has 0 spiro atoms. The highest BCUT2D eigenvalue weighted by molar-refractivity contribution is 8.15. The first-order valence-electron chi connectivity index (χ1n) is 5.40. The number of hydrogen-bond acceptors (Lipinski definition) is 4. The molecule has 90 valence electrons. The molecule has 0 aromatic heterocycles. The average molecular weight is 249 g/mol. The number of benzene rings is 1. The van der Waals surface area contributed by atoms with Gasteiger partial charge in [0.25, 0.3) is 0 Å². The van der Waals surface area contributed by atoms with Gasteiger partial charge in [-0.15, -0.1) is 0 Å². The molecule has 1 fully saturated rings. The van der Waals surface area contributed by atoms with E-state index in [0.717, 1.165) is 10.7 Å². The predicted molar refractivity (Wildman–Crippen MR) is 70.6 cm³/mol. The lowest BCUT2D eigenvalue weighted by atomic mass is 10.2. The second-order valence-electron chi connectivity index (χ2n) is 3.98. The van der Waals surface area contributed by atoms with E-state index in [1.807, 2.05) is 44.4 Å². The number of nitrogens with zero attached hydrogens (tertiary/aromatic N) is 3. The largest absolute Gasteiger partial charge is 0.301 e. The molecule has 4 nitrogen and oxygen atoms in total. The van der Waals surface area contributed by atoms with Gasteiger partial charge in [0, 0.05) is 14.1 Å². The van der Waals surface area contributed by atoms with Crippen molar-refractivity contribution in [2.45, 2.75) is 6.54 Å². The van der Waals surface area contributed by atoms with Crippen LogP contribution in [0.25, 0.3) is 0 Å². The van der Waals surface area contributed by atoms with Crippen molar-refractivity contribution in [3.63, 3.8) is 0 Å². The number of carbonyl (C=O) groups excluding carboxylic acids is 1. The Kier molecular flexibility index (Phi) is 3.68. The van der Waals surface area contributed by atoms with Crippen molar-refractivity contribution >= 4 is 22.8 Å². The topological polar surface area (TPSA) is 35.9 Å². The fourth-order valence-corrected chi connectivity index (χ4v) is 2.52. The highest BCUT2D eigenvalue weighted by Gasteiger charge is 2.28. The van der Waals surface area contributed by atoms with Crippen molar-refractivity contribution in [1.82, 2.24) is 9.91 Å². The SMILES string of the molecule is CN(C)/N=C1\SCC(=O)N1Cc1ccccc1. The van der Waals surface area contributed by atoms with Crippen LogP contribution in [0.4, 0.5) is 0 Å². The van der Waals surface area contributed by atoms with E-state index in [9.17, 15) is 4.79 Å². The van der Waals surface area contributed by atoms with Crippen LogP contribution in [0.3, 0.4) is 0 Å². The molecule has 17 heavy (non-hydrogen) atoms. The summed E-state index contributed by atoms with van der Waals surface area (Å²) in [5, 5.41) is 6.82. The summed E-state index contributed by atoms with van der Waals surface area (Å²) in [6, 6.07) is 9.96. The minimum Gasteiger partial charge on any atom is -0.301 e. The van der Waals surface area contributed by atoms with Crippen LogP contribution in [0.15, 0.2) is 35.4 Å². The van der Waals surface area contributed by atoms with E-state index in [4.69, 9.17) is 0 Å². The summed E-state index contributed by atoms with van der Waals surface area (Å²) < 4.78 is 0. The number of thioether (sulfide) groups is 1. The zero-order valence-corrected chi connectivity index (χ0v) is 10.8. The van der Waals surface area contributed by atoms with Gasteiger partial charge < -0.3 is 5.01 Å². The molecule has 2 rings (SSSR count). The number of hydrazone groups is 1. The number of rotatable bonds is 3. The van der Waals surface area contributed by atoms with Gasteiger partial charge in [-0.05, 0) is 5.56 Å². The molecule has 0 aliphatic carbocycles. The van der Waals surface area contributed by atoms with Crippen LogP contribution < -0.4 is 0 Å². The van der Waals surface area contributed by atoms with Crippen LogP contribution in [0.5, 0.6) is 0 Å². The Labute approximate surface area is 105 Å². The minimum absolute atomic E-state index is 0.124. The number of carbonyl (C=O) groups is 1. The first kappa shape index (κ1) is 12.0. The third-order valence-corrected chi connectivity index (χ3v) is 3.28. The zero-order valence-electron chi connectivity index (χ0n) is 9.96. The molecule has 1 amide bonds. The van der Waals surface area contributed by atoms with Crippen LogP contribution in [-0.4, -0.2) is 40.8 Å². The minimum atomic E-state index is 0.124. The average Bonchev–Trinajstić information content (AvgIpc) is 2.62. The van der Waals surface area contributed by atoms with E-state index >= 15 is 0 Å². The molecular weight excluding hydrogens is 234 g/mol. The van der Waals surface area contributed by atoms with Crippen molar-refractivity contribution in [2.24, 2.45) is 5.10 Å². The van der Waals surface area contributed by atoms with Crippen molar-refractivity contribution < 1.29 is 4.79 Å². The van der Waals surface area contributed by atoms with E-state index in [1.54, 1.807) is 9.91 Å². The molecule has 1 aliphatic rings. The molecule has 1 heterocycles. The Hall–Kier alpha value is -1.49. The van der Waals surface area contributed by atoms with Crippen molar-refractivity contribution in [2.75, 3.05) is 19.8 Å². The van der Waals surface area contributed by atoms with Crippen LogP contribution in [0.2, 0.25) is 0 Å². The van der Waals surface area contributed by atoms with Gasteiger partial charge in [0.1, 0.15) is 0 Å². The first-order valence-corrected chi connectivity index (χ1v) is 6.38. The van der Waals surface area contributed by atoms with Crippen LogP contribution >= 0.6 is 11.8 Å². The summed E-state index contributed by atoms with van der Waals surface area (Å²) in [6.07, 6.45) is 0. The Bertz CT molecular complexity index is 431. The zero-order chi connectivity index (χ0) is 12.3. The number of amidine groups is 1.